The number of hydrogen-bond donors (Lipinski definition) is 1. The molecule has 0 fully saturated rings. The lowest BCUT2D eigenvalue weighted by molar-refractivity contribution is -0.111. The van der Waals surface area contributed by atoms with E-state index in [4.69, 9.17) is 0 Å². The van der Waals surface area contributed by atoms with Gasteiger partial charge >= 0.3 is 0 Å². The monoisotopic (exact) mass is 401 g/mol. The first-order valence-electron chi connectivity index (χ1n) is 7.97. The molecule has 27 heavy (non-hydrogen) atoms. The van der Waals surface area contributed by atoms with Crippen LogP contribution in [0.1, 0.15) is 4.88 Å². The highest BCUT2D eigenvalue weighted by atomic mass is 32.2. The minimum Gasteiger partial charge on any atom is -0.322 e. The molecule has 1 amide bonds. The molecule has 0 radical (unpaired) electrons. The molecule has 0 spiro atoms. The number of sulfone groups is 1. The van der Waals surface area contributed by atoms with Gasteiger partial charge < -0.3 is 5.32 Å². The van der Waals surface area contributed by atoms with Crippen molar-refractivity contribution in [1.29, 1.82) is 0 Å². The van der Waals surface area contributed by atoms with Crippen LogP contribution in [0.5, 0.6) is 0 Å². The number of benzene rings is 2. The molecule has 1 N–H and O–H groups in total. The van der Waals surface area contributed by atoms with Crippen molar-refractivity contribution in [2.45, 2.75) is 4.90 Å². The molecule has 0 atom stereocenters. The molecular formula is C20H16FNO3S2. The Morgan fingerprint density at radius 2 is 1.85 bits per heavy atom. The molecule has 2 aromatic carbocycles. The van der Waals surface area contributed by atoms with Crippen LogP contribution < -0.4 is 5.32 Å². The summed E-state index contributed by atoms with van der Waals surface area (Å²) in [4.78, 5) is 13.8. The van der Waals surface area contributed by atoms with Gasteiger partial charge in [0.25, 0.3) is 0 Å². The number of anilines is 1. The summed E-state index contributed by atoms with van der Waals surface area (Å²) in [5.41, 5.74) is 0.912. The highest BCUT2D eigenvalue weighted by Crippen LogP contribution is 2.30. The summed E-state index contributed by atoms with van der Waals surface area (Å²) in [6, 6.07) is 16.2. The maximum absolute atomic E-state index is 13.8. The molecule has 0 aliphatic heterocycles. The Bertz CT molecular complexity index is 1120. The summed E-state index contributed by atoms with van der Waals surface area (Å²) < 4.78 is 37.0. The van der Waals surface area contributed by atoms with Gasteiger partial charge in [-0.2, -0.15) is 0 Å². The Morgan fingerprint density at radius 1 is 1.07 bits per heavy atom. The van der Waals surface area contributed by atoms with E-state index in [-0.39, 0.29) is 16.6 Å². The molecule has 0 aliphatic rings. The van der Waals surface area contributed by atoms with Gasteiger partial charge in [-0.3, -0.25) is 4.79 Å². The topological polar surface area (TPSA) is 63.2 Å². The van der Waals surface area contributed by atoms with E-state index in [9.17, 15) is 17.6 Å². The van der Waals surface area contributed by atoms with Crippen molar-refractivity contribution in [3.8, 4) is 10.4 Å². The van der Waals surface area contributed by atoms with Crippen molar-refractivity contribution in [3.05, 3.63) is 77.4 Å². The van der Waals surface area contributed by atoms with Crippen molar-refractivity contribution in [3.63, 3.8) is 0 Å². The fraction of sp³-hybridized carbons (Fsp3) is 0.0500. The van der Waals surface area contributed by atoms with E-state index in [2.05, 4.69) is 5.32 Å². The molecule has 0 unspecified atom stereocenters. The summed E-state index contributed by atoms with van der Waals surface area (Å²) in [7, 11) is -3.34. The molecule has 1 aromatic heterocycles. The van der Waals surface area contributed by atoms with Crippen LogP contribution in [0.15, 0.2) is 71.6 Å². The SMILES string of the molecule is CS(=O)(=O)c1cccc(NC(=O)/C=C/c2ccc(-c3ccccc3F)s2)c1. The Balaban J connectivity index is 1.70. The minimum atomic E-state index is -3.34. The van der Waals surface area contributed by atoms with E-state index in [1.165, 1.54) is 35.6 Å². The van der Waals surface area contributed by atoms with Gasteiger partial charge in [-0.15, -0.1) is 11.3 Å². The molecule has 0 aliphatic carbocycles. The second-order valence-corrected chi connectivity index (χ2v) is 8.94. The van der Waals surface area contributed by atoms with Crippen molar-refractivity contribution in [2.24, 2.45) is 0 Å². The van der Waals surface area contributed by atoms with Gasteiger partial charge in [-0.05, 0) is 42.5 Å². The normalized spacial score (nSPS) is 11.6. The Morgan fingerprint density at radius 3 is 2.59 bits per heavy atom. The number of carbonyl (C=O) groups is 1. The molecule has 4 nitrogen and oxygen atoms in total. The third-order valence-electron chi connectivity index (χ3n) is 3.69. The first kappa shape index (κ1) is 19.0. The van der Waals surface area contributed by atoms with E-state index < -0.39 is 9.84 Å². The second-order valence-electron chi connectivity index (χ2n) is 5.80. The highest BCUT2D eigenvalue weighted by molar-refractivity contribution is 7.90. The zero-order valence-corrected chi connectivity index (χ0v) is 16.0. The van der Waals surface area contributed by atoms with Crippen LogP contribution in [0, 0.1) is 5.82 Å². The fourth-order valence-corrected chi connectivity index (χ4v) is 4.00. The average molecular weight is 401 g/mol. The quantitative estimate of drug-likeness (QED) is 0.635. The van der Waals surface area contributed by atoms with Crippen LogP contribution >= 0.6 is 11.3 Å². The first-order chi connectivity index (χ1) is 12.8. The van der Waals surface area contributed by atoms with Gasteiger partial charge in [0.2, 0.25) is 5.91 Å². The Hall–Kier alpha value is -2.77. The number of carbonyl (C=O) groups excluding carboxylic acids is 1. The largest absolute Gasteiger partial charge is 0.322 e. The van der Waals surface area contributed by atoms with Crippen LogP contribution in [0.2, 0.25) is 0 Å². The number of rotatable bonds is 5. The third-order valence-corrected chi connectivity index (χ3v) is 5.89. The minimum absolute atomic E-state index is 0.136. The predicted octanol–water partition coefficient (Wildman–Crippen LogP) is 4.61. The van der Waals surface area contributed by atoms with Gasteiger partial charge in [0.15, 0.2) is 9.84 Å². The molecule has 7 heteroatoms. The predicted molar refractivity (Wildman–Crippen MR) is 107 cm³/mol. The lowest BCUT2D eigenvalue weighted by Crippen LogP contribution is -2.08. The Labute approximate surface area is 160 Å². The van der Waals surface area contributed by atoms with Gasteiger partial charge in [0, 0.05) is 33.3 Å². The highest BCUT2D eigenvalue weighted by Gasteiger charge is 2.09. The lowest BCUT2D eigenvalue weighted by atomic mass is 10.2. The van der Waals surface area contributed by atoms with Crippen LogP contribution in [0.25, 0.3) is 16.5 Å². The maximum Gasteiger partial charge on any atom is 0.248 e. The fourth-order valence-electron chi connectivity index (χ4n) is 2.39. The number of halogens is 1. The van der Waals surface area contributed by atoms with E-state index in [1.807, 2.05) is 0 Å². The first-order valence-corrected chi connectivity index (χ1v) is 10.7. The molecule has 3 rings (SSSR count). The van der Waals surface area contributed by atoms with Crippen molar-refractivity contribution in [2.75, 3.05) is 11.6 Å². The number of amides is 1. The summed E-state index contributed by atoms with van der Waals surface area (Å²) >= 11 is 1.37. The van der Waals surface area contributed by atoms with Crippen molar-refractivity contribution in [1.82, 2.24) is 0 Å². The molecule has 138 valence electrons. The zero-order chi connectivity index (χ0) is 19.4. The molecule has 1 heterocycles. The van der Waals surface area contributed by atoms with Gasteiger partial charge in [0.1, 0.15) is 5.82 Å². The van der Waals surface area contributed by atoms with E-state index in [0.29, 0.717) is 11.3 Å². The molecular weight excluding hydrogens is 385 g/mol. The molecule has 3 aromatic rings. The van der Waals surface area contributed by atoms with Crippen LogP contribution in [0.3, 0.4) is 0 Å². The molecule has 0 saturated carbocycles. The number of hydrogen-bond acceptors (Lipinski definition) is 4. The third kappa shape index (κ3) is 4.90. The van der Waals surface area contributed by atoms with E-state index in [1.54, 1.807) is 48.5 Å². The summed E-state index contributed by atoms with van der Waals surface area (Å²) in [6.45, 7) is 0. The lowest BCUT2D eigenvalue weighted by Gasteiger charge is -2.04. The van der Waals surface area contributed by atoms with Crippen LogP contribution in [0.4, 0.5) is 10.1 Å². The maximum atomic E-state index is 13.8. The summed E-state index contributed by atoms with van der Waals surface area (Å²) in [6.07, 6.45) is 4.09. The van der Waals surface area contributed by atoms with E-state index in [0.717, 1.165) is 16.0 Å². The molecule has 0 bridgehead atoms. The standard InChI is InChI=1S/C20H16FNO3S2/c1-27(24,25)16-6-4-5-14(13-16)22-20(23)12-10-15-9-11-19(26-15)17-7-2-3-8-18(17)21/h2-13H,1H3,(H,22,23)/b12-10+. The smallest absolute Gasteiger partial charge is 0.248 e. The molecule has 0 saturated heterocycles. The zero-order valence-electron chi connectivity index (χ0n) is 14.3. The van der Waals surface area contributed by atoms with Gasteiger partial charge in [-0.1, -0.05) is 24.3 Å². The van der Waals surface area contributed by atoms with Gasteiger partial charge in [-0.25, -0.2) is 12.8 Å². The van der Waals surface area contributed by atoms with E-state index >= 15 is 0 Å². The van der Waals surface area contributed by atoms with Crippen molar-refractivity contribution >= 4 is 38.8 Å². The van der Waals surface area contributed by atoms with Crippen molar-refractivity contribution < 1.29 is 17.6 Å². The van der Waals surface area contributed by atoms with Crippen LogP contribution in [-0.4, -0.2) is 20.6 Å². The van der Waals surface area contributed by atoms with Gasteiger partial charge in [0.05, 0.1) is 4.90 Å². The second kappa shape index (κ2) is 7.85. The van der Waals surface area contributed by atoms with Crippen LogP contribution in [-0.2, 0) is 14.6 Å². The average Bonchev–Trinajstić information content (AvgIpc) is 3.09. The number of nitrogens with one attached hydrogen (secondary N) is 1. The Kier molecular flexibility index (Phi) is 5.53. The summed E-state index contributed by atoms with van der Waals surface area (Å²) in [5, 5.41) is 2.63. The number of thiophene rings is 1. The summed E-state index contributed by atoms with van der Waals surface area (Å²) in [5.74, 6) is -0.681.